The summed E-state index contributed by atoms with van der Waals surface area (Å²) in [5.41, 5.74) is 4.73. The summed E-state index contributed by atoms with van der Waals surface area (Å²) in [4.78, 5) is 0. The third-order valence-corrected chi connectivity index (χ3v) is 4.02. The van der Waals surface area contributed by atoms with Gasteiger partial charge in [-0.05, 0) is 17.5 Å². The second-order valence-electron chi connectivity index (χ2n) is 5.31. The molecule has 1 aromatic heterocycles. The fourth-order valence-electron chi connectivity index (χ4n) is 3.03. The Kier molecular flexibility index (Phi) is 2.96. The predicted octanol–water partition coefficient (Wildman–Crippen LogP) is 3.82. The summed E-state index contributed by atoms with van der Waals surface area (Å²) in [6.07, 6.45) is 0.977. The molecule has 1 aliphatic rings. The van der Waals surface area contributed by atoms with Crippen molar-refractivity contribution in [1.29, 1.82) is 0 Å². The first kappa shape index (κ1) is 12.2. The number of rotatable bonds is 3. The van der Waals surface area contributed by atoms with Crippen LogP contribution in [0.3, 0.4) is 0 Å². The van der Waals surface area contributed by atoms with Crippen molar-refractivity contribution in [1.82, 2.24) is 5.16 Å². The van der Waals surface area contributed by atoms with Crippen molar-refractivity contribution in [3.63, 3.8) is 0 Å². The van der Waals surface area contributed by atoms with Crippen LogP contribution in [0.15, 0.2) is 65.2 Å². The van der Waals surface area contributed by atoms with Crippen LogP contribution < -0.4 is 5.32 Å². The Labute approximate surface area is 123 Å². The van der Waals surface area contributed by atoms with Gasteiger partial charge in [-0.25, -0.2) is 0 Å². The van der Waals surface area contributed by atoms with Gasteiger partial charge in [0.15, 0.2) is 0 Å². The molecule has 1 N–H and O–H groups in total. The van der Waals surface area contributed by atoms with E-state index in [4.69, 9.17) is 4.52 Å². The highest BCUT2D eigenvalue weighted by Gasteiger charge is 2.28. The van der Waals surface area contributed by atoms with Crippen LogP contribution in [0.25, 0.3) is 0 Å². The molecular weight excluding hydrogens is 260 g/mol. The molecule has 0 saturated heterocycles. The molecule has 0 radical (unpaired) electrons. The lowest BCUT2D eigenvalue weighted by atomic mass is 9.86. The van der Waals surface area contributed by atoms with Gasteiger partial charge >= 0.3 is 0 Å². The molecule has 3 heteroatoms. The van der Waals surface area contributed by atoms with Crippen LogP contribution >= 0.6 is 0 Å². The lowest BCUT2D eigenvalue weighted by Gasteiger charge is -2.16. The van der Waals surface area contributed by atoms with Crippen molar-refractivity contribution >= 4 is 5.88 Å². The molecule has 1 aliphatic heterocycles. The number of benzene rings is 2. The molecule has 21 heavy (non-hydrogen) atoms. The molecular formula is C18H16N2O. The van der Waals surface area contributed by atoms with Crippen LogP contribution in [0.4, 0.5) is 5.88 Å². The molecule has 4 rings (SSSR count). The number of nitrogens with one attached hydrogen (secondary N) is 1. The quantitative estimate of drug-likeness (QED) is 0.790. The molecule has 0 unspecified atom stereocenters. The van der Waals surface area contributed by atoms with Crippen LogP contribution in [0, 0.1) is 0 Å². The normalized spacial score (nSPS) is 13.2. The average molecular weight is 276 g/mol. The van der Waals surface area contributed by atoms with E-state index in [0.717, 1.165) is 24.5 Å². The van der Waals surface area contributed by atoms with Crippen molar-refractivity contribution in [3.05, 3.63) is 83.0 Å². The topological polar surface area (TPSA) is 38.1 Å². The van der Waals surface area contributed by atoms with E-state index >= 15 is 0 Å². The molecule has 3 aromatic rings. The van der Waals surface area contributed by atoms with Crippen LogP contribution in [-0.4, -0.2) is 11.7 Å². The van der Waals surface area contributed by atoms with Gasteiger partial charge in [-0.15, -0.1) is 0 Å². The van der Waals surface area contributed by atoms with E-state index in [1.807, 2.05) is 12.1 Å². The van der Waals surface area contributed by atoms with Gasteiger partial charge in [0.25, 0.3) is 0 Å². The molecule has 0 fully saturated rings. The standard InChI is InChI=1S/C18H16N2O/c1-3-7-13(8-4-1)16(14-9-5-2-6-10-14)17-15-11-12-19-18(15)21-20-17/h1-10,16,19H,11-12H2. The highest BCUT2D eigenvalue weighted by Crippen LogP contribution is 2.37. The van der Waals surface area contributed by atoms with E-state index in [9.17, 15) is 0 Å². The Balaban J connectivity index is 1.88. The zero-order valence-electron chi connectivity index (χ0n) is 11.6. The number of hydrogen-bond donors (Lipinski definition) is 1. The third-order valence-electron chi connectivity index (χ3n) is 4.02. The molecule has 0 saturated carbocycles. The maximum Gasteiger partial charge on any atom is 0.228 e. The van der Waals surface area contributed by atoms with Crippen LogP contribution in [0.5, 0.6) is 0 Å². The van der Waals surface area contributed by atoms with Crippen LogP contribution in [-0.2, 0) is 6.42 Å². The molecule has 0 bridgehead atoms. The second kappa shape index (κ2) is 5.09. The van der Waals surface area contributed by atoms with Crippen molar-refractivity contribution in [3.8, 4) is 0 Å². The fourth-order valence-corrected chi connectivity index (χ4v) is 3.03. The van der Waals surface area contributed by atoms with E-state index < -0.39 is 0 Å². The van der Waals surface area contributed by atoms with Gasteiger partial charge in [0, 0.05) is 12.1 Å². The van der Waals surface area contributed by atoms with Gasteiger partial charge in [0.2, 0.25) is 5.88 Å². The summed E-state index contributed by atoms with van der Waals surface area (Å²) in [6, 6.07) is 21.0. The summed E-state index contributed by atoms with van der Waals surface area (Å²) in [5.74, 6) is 0.960. The Hall–Kier alpha value is -2.55. The zero-order chi connectivity index (χ0) is 14.1. The minimum atomic E-state index is 0.125. The molecule has 0 atom stereocenters. The average Bonchev–Trinajstić information content (AvgIpc) is 3.15. The molecule has 0 aliphatic carbocycles. The van der Waals surface area contributed by atoms with Gasteiger partial charge in [0.05, 0.1) is 5.92 Å². The first-order valence-electron chi connectivity index (χ1n) is 7.25. The fraction of sp³-hybridized carbons (Fsp3) is 0.167. The second-order valence-corrected chi connectivity index (χ2v) is 5.31. The summed E-state index contributed by atoms with van der Waals surface area (Å²) in [7, 11) is 0. The number of anilines is 1. The Bertz CT molecular complexity index is 695. The van der Waals surface area contributed by atoms with Gasteiger partial charge in [-0.3, -0.25) is 0 Å². The monoisotopic (exact) mass is 276 g/mol. The first-order valence-corrected chi connectivity index (χ1v) is 7.25. The van der Waals surface area contributed by atoms with E-state index in [-0.39, 0.29) is 5.92 Å². The largest absolute Gasteiger partial charge is 0.353 e. The van der Waals surface area contributed by atoms with Gasteiger partial charge in [-0.1, -0.05) is 65.8 Å². The molecule has 2 heterocycles. The number of hydrogen-bond acceptors (Lipinski definition) is 3. The van der Waals surface area contributed by atoms with E-state index in [1.54, 1.807) is 0 Å². The highest BCUT2D eigenvalue weighted by molar-refractivity contribution is 5.53. The van der Waals surface area contributed by atoms with Gasteiger partial charge in [-0.2, -0.15) is 0 Å². The number of fused-ring (bicyclic) bond motifs is 1. The third kappa shape index (κ3) is 2.11. The maximum atomic E-state index is 5.47. The summed E-state index contributed by atoms with van der Waals surface area (Å²) in [5, 5.41) is 7.60. The lowest BCUT2D eigenvalue weighted by Crippen LogP contribution is -2.06. The van der Waals surface area contributed by atoms with E-state index in [0.29, 0.717) is 0 Å². The van der Waals surface area contributed by atoms with E-state index in [2.05, 4.69) is 59.0 Å². The highest BCUT2D eigenvalue weighted by atomic mass is 16.5. The Morgan fingerprint density at radius 2 is 1.52 bits per heavy atom. The Morgan fingerprint density at radius 1 is 0.905 bits per heavy atom. The minimum Gasteiger partial charge on any atom is -0.353 e. The number of aromatic nitrogens is 1. The van der Waals surface area contributed by atoms with Crippen LogP contribution in [0.2, 0.25) is 0 Å². The summed E-state index contributed by atoms with van der Waals surface area (Å²) < 4.78 is 5.47. The molecule has 3 nitrogen and oxygen atoms in total. The van der Waals surface area contributed by atoms with Crippen molar-refractivity contribution < 1.29 is 4.52 Å². The molecule has 0 amide bonds. The summed E-state index contributed by atoms with van der Waals surface area (Å²) in [6.45, 7) is 0.931. The minimum absolute atomic E-state index is 0.125. The van der Waals surface area contributed by atoms with Crippen molar-refractivity contribution in [2.75, 3.05) is 11.9 Å². The van der Waals surface area contributed by atoms with Gasteiger partial charge < -0.3 is 9.84 Å². The predicted molar refractivity (Wildman–Crippen MR) is 82.5 cm³/mol. The lowest BCUT2D eigenvalue weighted by molar-refractivity contribution is 0.423. The maximum absolute atomic E-state index is 5.47. The van der Waals surface area contributed by atoms with Crippen LogP contribution in [0.1, 0.15) is 28.3 Å². The molecule has 0 spiro atoms. The first-order chi connectivity index (χ1) is 10.4. The summed E-state index contributed by atoms with van der Waals surface area (Å²) >= 11 is 0. The van der Waals surface area contributed by atoms with Crippen molar-refractivity contribution in [2.24, 2.45) is 0 Å². The smallest absolute Gasteiger partial charge is 0.228 e. The Morgan fingerprint density at radius 3 is 2.14 bits per heavy atom. The molecule has 104 valence electrons. The SMILES string of the molecule is c1ccc(C(c2ccccc2)c2noc3c2CCN3)cc1. The van der Waals surface area contributed by atoms with Gasteiger partial charge in [0.1, 0.15) is 5.69 Å². The molecule has 2 aromatic carbocycles. The van der Waals surface area contributed by atoms with Crippen molar-refractivity contribution in [2.45, 2.75) is 12.3 Å². The van der Waals surface area contributed by atoms with E-state index in [1.165, 1.54) is 16.7 Å². The zero-order valence-corrected chi connectivity index (χ0v) is 11.6. The number of nitrogens with zero attached hydrogens (tertiary/aromatic N) is 1.